The van der Waals surface area contributed by atoms with Gasteiger partial charge in [-0.1, -0.05) is 0 Å². The molecular formula is C8H5BrF2N2O4. The predicted molar refractivity (Wildman–Crippen MR) is 54.9 cm³/mol. The van der Waals surface area contributed by atoms with Crippen LogP contribution in [0.5, 0.6) is 0 Å². The number of rotatable bonds is 3. The van der Waals surface area contributed by atoms with Crippen LogP contribution >= 0.6 is 15.9 Å². The molecule has 0 aromatic carbocycles. The largest absolute Gasteiger partial charge is 0.465 e. The van der Waals surface area contributed by atoms with Crippen LogP contribution in [0.25, 0.3) is 0 Å². The Morgan fingerprint density at radius 3 is 2.65 bits per heavy atom. The van der Waals surface area contributed by atoms with Crippen molar-refractivity contribution in [3.05, 3.63) is 32.0 Å². The molecule has 1 aromatic heterocycles. The van der Waals surface area contributed by atoms with Crippen molar-refractivity contribution >= 4 is 27.6 Å². The van der Waals surface area contributed by atoms with Gasteiger partial charge in [0.15, 0.2) is 4.60 Å². The number of hydrogen-bond acceptors (Lipinski definition) is 5. The Labute approximate surface area is 102 Å². The first-order chi connectivity index (χ1) is 7.90. The van der Waals surface area contributed by atoms with Gasteiger partial charge in [0.2, 0.25) is 0 Å². The van der Waals surface area contributed by atoms with E-state index in [4.69, 9.17) is 0 Å². The van der Waals surface area contributed by atoms with Crippen LogP contribution in [-0.4, -0.2) is 23.0 Å². The standard InChI is InChI=1S/C8H5BrF2N2O4/c1-17-8(14)3-2-12-6(9)5(13(15)16)4(3)7(10)11/h2,7H,1H3. The number of pyridine rings is 1. The molecule has 0 aliphatic heterocycles. The van der Waals surface area contributed by atoms with Crippen LogP contribution in [0.3, 0.4) is 0 Å². The highest BCUT2D eigenvalue weighted by atomic mass is 79.9. The molecule has 17 heavy (non-hydrogen) atoms. The summed E-state index contributed by atoms with van der Waals surface area (Å²) in [5, 5.41) is 10.7. The van der Waals surface area contributed by atoms with Gasteiger partial charge in [-0.3, -0.25) is 10.1 Å². The third kappa shape index (κ3) is 2.54. The van der Waals surface area contributed by atoms with Gasteiger partial charge in [0.05, 0.1) is 17.6 Å². The van der Waals surface area contributed by atoms with E-state index >= 15 is 0 Å². The van der Waals surface area contributed by atoms with Gasteiger partial charge in [0.25, 0.3) is 6.43 Å². The summed E-state index contributed by atoms with van der Waals surface area (Å²) in [7, 11) is 0.978. The Balaban J connectivity index is 3.59. The summed E-state index contributed by atoms with van der Waals surface area (Å²) in [5.41, 5.74) is -2.58. The monoisotopic (exact) mass is 310 g/mol. The molecule has 92 valence electrons. The smallest absolute Gasteiger partial charge is 0.340 e. The van der Waals surface area contributed by atoms with Gasteiger partial charge in [-0.2, -0.15) is 0 Å². The molecule has 0 bridgehead atoms. The quantitative estimate of drug-likeness (QED) is 0.371. The van der Waals surface area contributed by atoms with E-state index in [1.807, 2.05) is 0 Å². The first kappa shape index (κ1) is 13.4. The van der Waals surface area contributed by atoms with E-state index in [9.17, 15) is 23.7 Å². The zero-order chi connectivity index (χ0) is 13.2. The number of halogens is 3. The van der Waals surface area contributed by atoms with Crippen LogP contribution in [0.15, 0.2) is 10.8 Å². The summed E-state index contributed by atoms with van der Waals surface area (Å²) < 4.78 is 29.4. The molecule has 0 amide bonds. The van der Waals surface area contributed by atoms with Crippen molar-refractivity contribution < 1.29 is 23.2 Å². The maximum atomic E-state index is 12.8. The molecule has 0 saturated carbocycles. The summed E-state index contributed by atoms with van der Waals surface area (Å²) in [4.78, 5) is 24.3. The van der Waals surface area contributed by atoms with E-state index in [-0.39, 0.29) is 4.60 Å². The number of esters is 1. The maximum Gasteiger partial charge on any atom is 0.340 e. The van der Waals surface area contributed by atoms with Crippen molar-refractivity contribution in [2.75, 3.05) is 7.11 Å². The van der Waals surface area contributed by atoms with Crippen LogP contribution in [0.2, 0.25) is 0 Å². The third-order valence-electron chi connectivity index (χ3n) is 1.85. The molecule has 0 atom stereocenters. The zero-order valence-electron chi connectivity index (χ0n) is 8.32. The van der Waals surface area contributed by atoms with Crippen molar-refractivity contribution in [2.45, 2.75) is 6.43 Å². The Morgan fingerprint density at radius 1 is 1.65 bits per heavy atom. The number of nitro groups is 1. The molecule has 0 radical (unpaired) electrons. The van der Waals surface area contributed by atoms with Crippen LogP contribution < -0.4 is 0 Å². The topological polar surface area (TPSA) is 82.3 Å². The molecule has 0 aliphatic rings. The Kier molecular flexibility index (Phi) is 4.05. The highest BCUT2D eigenvalue weighted by Crippen LogP contribution is 2.36. The third-order valence-corrected chi connectivity index (χ3v) is 2.43. The molecule has 0 N–H and O–H groups in total. The van der Waals surface area contributed by atoms with E-state index in [0.29, 0.717) is 0 Å². The lowest BCUT2D eigenvalue weighted by Gasteiger charge is -2.07. The first-order valence-electron chi connectivity index (χ1n) is 4.09. The Bertz CT molecular complexity index is 481. The van der Waals surface area contributed by atoms with Gasteiger partial charge in [-0.25, -0.2) is 18.6 Å². The average molecular weight is 311 g/mol. The van der Waals surface area contributed by atoms with E-state index in [1.54, 1.807) is 0 Å². The van der Waals surface area contributed by atoms with E-state index in [1.165, 1.54) is 0 Å². The average Bonchev–Trinajstić information content (AvgIpc) is 2.26. The highest BCUT2D eigenvalue weighted by molar-refractivity contribution is 9.10. The number of nitrogens with zero attached hydrogens (tertiary/aromatic N) is 2. The van der Waals surface area contributed by atoms with Crippen LogP contribution in [0, 0.1) is 10.1 Å². The second kappa shape index (κ2) is 5.13. The van der Waals surface area contributed by atoms with E-state index in [2.05, 4.69) is 25.7 Å². The molecule has 0 saturated heterocycles. The van der Waals surface area contributed by atoms with Crippen molar-refractivity contribution in [3.8, 4) is 0 Å². The molecule has 0 spiro atoms. The van der Waals surface area contributed by atoms with Crippen molar-refractivity contribution in [1.29, 1.82) is 0 Å². The number of alkyl halides is 2. The fourth-order valence-electron chi connectivity index (χ4n) is 1.16. The summed E-state index contributed by atoms with van der Waals surface area (Å²) in [6, 6.07) is 0. The SMILES string of the molecule is COC(=O)c1cnc(Br)c([N+](=O)[O-])c1C(F)F. The predicted octanol–water partition coefficient (Wildman–Crippen LogP) is 2.48. The molecular weight excluding hydrogens is 306 g/mol. The summed E-state index contributed by atoms with van der Waals surface area (Å²) in [6.45, 7) is 0. The number of methoxy groups -OCH3 is 1. The zero-order valence-corrected chi connectivity index (χ0v) is 9.90. The molecule has 0 aliphatic carbocycles. The number of carbonyl (C=O) groups excluding carboxylic acids is 1. The van der Waals surface area contributed by atoms with Gasteiger partial charge in [0.1, 0.15) is 5.56 Å². The molecule has 1 rings (SSSR count). The highest BCUT2D eigenvalue weighted by Gasteiger charge is 2.32. The minimum absolute atomic E-state index is 0.370. The first-order valence-corrected chi connectivity index (χ1v) is 4.88. The second-order valence-corrected chi connectivity index (χ2v) is 3.53. The van der Waals surface area contributed by atoms with Crippen LogP contribution in [0.4, 0.5) is 14.5 Å². The van der Waals surface area contributed by atoms with Crippen molar-refractivity contribution in [3.63, 3.8) is 0 Å². The summed E-state index contributed by atoms with van der Waals surface area (Å²) in [5.74, 6) is -1.11. The molecule has 6 nitrogen and oxygen atoms in total. The molecule has 0 fully saturated rings. The summed E-state index contributed by atoms with van der Waals surface area (Å²) >= 11 is 2.68. The van der Waals surface area contributed by atoms with Gasteiger partial charge < -0.3 is 4.74 Å². The second-order valence-electron chi connectivity index (χ2n) is 2.77. The minimum Gasteiger partial charge on any atom is -0.465 e. The summed E-state index contributed by atoms with van der Waals surface area (Å²) in [6.07, 6.45) is -2.39. The number of carbonyl (C=O) groups is 1. The maximum absolute atomic E-state index is 12.8. The number of aromatic nitrogens is 1. The van der Waals surface area contributed by atoms with Gasteiger partial charge >= 0.3 is 11.7 Å². The van der Waals surface area contributed by atoms with Crippen molar-refractivity contribution in [1.82, 2.24) is 4.98 Å². The van der Waals surface area contributed by atoms with Gasteiger partial charge in [-0.05, 0) is 15.9 Å². The molecule has 1 aromatic rings. The Hall–Kier alpha value is -1.64. The molecule has 9 heteroatoms. The lowest BCUT2D eigenvalue weighted by molar-refractivity contribution is -0.387. The van der Waals surface area contributed by atoms with Crippen LogP contribution in [0.1, 0.15) is 22.3 Å². The lowest BCUT2D eigenvalue weighted by atomic mass is 10.1. The van der Waals surface area contributed by atoms with Gasteiger partial charge in [0, 0.05) is 6.20 Å². The van der Waals surface area contributed by atoms with E-state index in [0.717, 1.165) is 13.3 Å². The van der Waals surface area contributed by atoms with Crippen LogP contribution in [-0.2, 0) is 4.74 Å². The van der Waals surface area contributed by atoms with E-state index < -0.39 is 34.1 Å². The molecule has 1 heterocycles. The molecule has 0 unspecified atom stereocenters. The van der Waals surface area contributed by atoms with Gasteiger partial charge in [-0.15, -0.1) is 0 Å². The number of ether oxygens (including phenoxy) is 1. The number of hydrogen-bond donors (Lipinski definition) is 0. The Morgan fingerprint density at radius 2 is 2.24 bits per heavy atom. The normalized spacial score (nSPS) is 10.4. The van der Waals surface area contributed by atoms with Crippen molar-refractivity contribution in [2.24, 2.45) is 0 Å². The fourth-order valence-corrected chi connectivity index (χ4v) is 1.62. The minimum atomic E-state index is -3.19. The fraction of sp³-hybridized carbons (Fsp3) is 0.250. The lowest BCUT2D eigenvalue weighted by Crippen LogP contribution is -2.10.